The number of nitrogens with two attached hydrogens (primary N) is 1. The third-order valence-electron chi connectivity index (χ3n) is 3.38. The number of carbonyl (C=O) groups is 1. The van der Waals surface area contributed by atoms with Crippen LogP contribution in [0.25, 0.3) is 0 Å². The van der Waals surface area contributed by atoms with Gasteiger partial charge in [0.15, 0.2) is 0 Å². The molecule has 1 unspecified atom stereocenters. The van der Waals surface area contributed by atoms with E-state index in [1.54, 1.807) is 7.05 Å². The highest BCUT2D eigenvalue weighted by Gasteiger charge is 2.36. The van der Waals surface area contributed by atoms with Crippen molar-refractivity contribution in [2.45, 2.75) is 44.7 Å². The van der Waals surface area contributed by atoms with E-state index in [4.69, 9.17) is 5.73 Å². The van der Waals surface area contributed by atoms with Crippen LogP contribution >= 0.6 is 0 Å². The van der Waals surface area contributed by atoms with E-state index in [0.29, 0.717) is 13.0 Å². The lowest BCUT2D eigenvalue weighted by Gasteiger charge is -2.37. The first kappa shape index (κ1) is 12.5. The maximum atomic E-state index is 11.4. The maximum Gasteiger partial charge on any atom is 0.221 e. The van der Waals surface area contributed by atoms with E-state index in [2.05, 4.69) is 24.1 Å². The second kappa shape index (κ2) is 4.94. The van der Waals surface area contributed by atoms with E-state index in [1.807, 2.05) is 0 Å². The van der Waals surface area contributed by atoms with Crippen LogP contribution in [0.3, 0.4) is 0 Å². The van der Waals surface area contributed by atoms with Crippen molar-refractivity contribution >= 4 is 5.91 Å². The molecule has 0 saturated carbocycles. The highest BCUT2D eigenvalue weighted by Crippen LogP contribution is 2.30. The first-order valence-corrected chi connectivity index (χ1v) is 5.68. The summed E-state index contributed by atoms with van der Waals surface area (Å²) in [6, 6.07) is 0.183. The van der Waals surface area contributed by atoms with Crippen LogP contribution in [0.2, 0.25) is 0 Å². The van der Waals surface area contributed by atoms with Gasteiger partial charge in [0, 0.05) is 31.6 Å². The number of carbonyl (C=O) groups excluding carboxylic acids is 1. The van der Waals surface area contributed by atoms with Gasteiger partial charge in [-0.25, -0.2) is 0 Å². The third-order valence-corrected chi connectivity index (χ3v) is 3.38. The Labute approximate surface area is 92.2 Å². The predicted molar refractivity (Wildman–Crippen MR) is 61.5 cm³/mol. The standard InChI is InChI=1S/C11H23N3O/c1-11(2)5-4-6-14(11)9(8-12)7-10(15)13-3/h9H,4-8,12H2,1-3H3,(H,13,15). The second-order valence-corrected chi connectivity index (χ2v) is 4.88. The number of nitrogens with one attached hydrogen (secondary N) is 1. The lowest BCUT2D eigenvalue weighted by molar-refractivity contribution is -0.122. The lowest BCUT2D eigenvalue weighted by Crippen LogP contribution is -2.50. The lowest BCUT2D eigenvalue weighted by atomic mass is 9.99. The molecule has 15 heavy (non-hydrogen) atoms. The molecule has 1 amide bonds. The van der Waals surface area contributed by atoms with Crippen LogP contribution < -0.4 is 11.1 Å². The van der Waals surface area contributed by atoms with Crippen molar-refractivity contribution in [3.05, 3.63) is 0 Å². The Balaban J connectivity index is 2.62. The number of nitrogens with zero attached hydrogens (tertiary/aromatic N) is 1. The zero-order valence-corrected chi connectivity index (χ0v) is 10.0. The van der Waals surface area contributed by atoms with Crippen LogP contribution in [0, 0.1) is 0 Å². The van der Waals surface area contributed by atoms with Gasteiger partial charge >= 0.3 is 0 Å². The number of hydrogen-bond donors (Lipinski definition) is 2. The van der Waals surface area contributed by atoms with Crippen LogP contribution in [-0.4, -0.2) is 42.5 Å². The first-order valence-electron chi connectivity index (χ1n) is 5.68. The normalized spacial score (nSPS) is 22.7. The molecule has 4 heteroatoms. The molecular formula is C11H23N3O. The molecule has 0 aliphatic carbocycles. The number of likely N-dealkylation sites (tertiary alicyclic amines) is 1. The topological polar surface area (TPSA) is 58.4 Å². The molecule has 0 aromatic rings. The summed E-state index contributed by atoms with van der Waals surface area (Å²) >= 11 is 0. The molecule has 0 bridgehead atoms. The van der Waals surface area contributed by atoms with Crippen molar-refractivity contribution in [3.8, 4) is 0 Å². The van der Waals surface area contributed by atoms with E-state index in [9.17, 15) is 4.79 Å². The minimum Gasteiger partial charge on any atom is -0.359 e. The van der Waals surface area contributed by atoms with Gasteiger partial charge in [-0.1, -0.05) is 0 Å². The van der Waals surface area contributed by atoms with Gasteiger partial charge in [-0.05, 0) is 33.2 Å². The monoisotopic (exact) mass is 213 g/mol. The highest BCUT2D eigenvalue weighted by atomic mass is 16.1. The zero-order chi connectivity index (χ0) is 11.5. The van der Waals surface area contributed by atoms with Crippen molar-refractivity contribution in [1.82, 2.24) is 10.2 Å². The Morgan fingerprint density at radius 1 is 1.60 bits per heavy atom. The fourth-order valence-electron chi connectivity index (χ4n) is 2.44. The summed E-state index contributed by atoms with van der Waals surface area (Å²) in [7, 11) is 1.67. The molecule has 1 aliphatic heterocycles. The van der Waals surface area contributed by atoms with Crippen molar-refractivity contribution < 1.29 is 4.79 Å². The summed E-state index contributed by atoms with van der Waals surface area (Å²) in [6.45, 7) is 6.07. The van der Waals surface area contributed by atoms with E-state index in [-0.39, 0.29) is 17.5 Å². The van der Waals surface area contributed by atoms with E-state index in [1.165, 1.54) is 12.8 Å². The van der Waals surface area contributed by atoms with Gasteiger partial charge < -0.3 is 11.1 Å². The molecule has 1 rings (SSSR count). The van der Waals surface area contributed by atoms with Crippen LogP contribution in [0.4, 0.5) is 0 Å². The molecule has 1 heterocycles. The molecule has 1 aliphatic rings. The minimum atomic E-state index is 0.0770. The quantitative estimate of drug-likeness (QED) is 0.707. The Morgan fingerprint density at radius 3 is 2.67 bits per heavy atom. The Hall–Kier alpha value is -0.610. The molecule has 1 fully saturated rings. The van der Waals surface area contributed by atoms with Crippen LogP contribution in [0.1, 0.15) is 33.1 Å². The molecule has 0 spiro atoms. The van der Waals surface area contributed by atoms with Gasteiger partial charge in [0.25, 0.3) is 0 Å². The van der Waals surface area contributed by atoms with Gasteiger partial charge in [-0.2, -0.15) is 0 Å². The zero-order valence-electron chi connectivity index (χ0n) is 10.0. The molecule has 4 nitrogen and oxygen atoms in total. The maximum absolute atomic E-state index is 11.4. The van der Waals surface area contributed by atoms with Gasteiger partial charge in [0.05, 0.1) is 0 Å². The fourth-order valence-corrected chi connectivity index (χ4v) is 2.44. The van der Waals surface area contributed by atoms with Crippen LogP contribution in [0.5, 0.6) is 0 Å². The largest absolute Gasteiger partial charge is 0.359 e. The van der Waals surface area contributed by atoms with E-state index in [0.717, 1.165) is 6.54 Å². The third kappa shape index (κ3) is 2.92. The van der Waals surface area contributed by atoms with Gasteiger partial charge in [0.1, 0.15) is 0 Å². The molecule has 0 aromatic heterocycles. The summed E-state index contributed by atoms with van der Waals surface area (Å²) in [5.74, 6) is 0.0770. The van der Waals surface area contributed by atoms with Gasteiger partial charge in [-0.15, -0.1) is 0 Å². The average molecular weight is 213 g/mol. The van der Waals surface area contributed by atoms with E-state index < -0.39 is 0 Å². The summed E-state index contributed by atoms with van der Waals surface area (Å²) < 4.78 is 0. The van der Waals surface area contributed by atoms with E-state index >= 15 is 0 Å². The summed E-state index contributed by atoms with van der Waals surface area (Å²) in [6.07, 6.45) is 2.91. The van der Waals surface area contributed by atoms with Crippen LogP contribution in [-0.2, 0) is 4.79 Å². The molecule has 0 aromatic carbocycles. The highest BCUT2D eigenvalue weighted by molar-refractivity contribution is 5.76. The van der Waals surface area contributed by atoms with Gasteiger partial charge in [-0.3, -0.25) is 9.69 Å². The fraction of sp³-hybridized carbons (Fsp3) is 0.909. The van der Waals surface area contributed by atoms with Crippen molar-refractivity contribution in [3.63, 3.8) is 0 Å². The van der Waals surface area contributed by atoms with Crippen molar-refractivity contribution in [1.29, 1.82) is 0 Å². The average Bonchev–Trinajstić information content (AvgIpc) is 2.54. The Kier molecular flexibility index (Phi) is 4.11. The predicted octanol–water partition coefficient (Wildman–Crippen LogP) is 0.324. The second-order valence-electron chi connectivity index (χ2n) is 4.88. The minimum absolute atomic E-state index is 0.0770. The molecule has 3 N–H and O–H groups in total. The SMILES string of the molecule is CNC(=O)CC(CN)N1CCCC1(C)C. The van der Waals surface area contributed by atoms with Crippen LogP contribution in [0.15, 0.2) is 0 Å². The molecule has 0 radical (unpaired) electrons. The molecule has 1 saturated heterocycles. The van der Waals surface area contributed by atoms with Crippen molar-refractivity contribution in [2.75, 3.05) is 20.1 Å². The molecular weight excluding hydrogens is 190 g/mol. The Morgan fingerprint density at radius 2 is 2.27 bits per heavy atom. The van der Waals surface area contributed by atoms with Gasteiger partial charge in [0.2, 0.25) is 5.91 Å². The summed E-state index contributed by atoms with van der Waals surface area (Å²) in [5, 5.41) is 2.66. The smallest absolute Gasteiger partial charge is 0.221 e. The Bertz CT molecular complexity index is 228. The first-order chi connectivity index (χ1) is 7.01. The number of rotatable bonds is 4. The molecule has 1 atom stereocenters. The summed E-state index contributed by atoms with van der Waals surface area (Å²) in [5.41, 5.74) is 5.95. The number of hydrogen-bond acceptors (Lipinski definition) is 3. The van der Waals surface area contributed by atoms with Crippen molar-refractivity contribution in [2.24, 2.45) is 5.73 Å². The molecule has 88 valence electrons. The number of amides is 1. The summed E-state index contributed by atoms with van der Waals surface area (Å²) in [4.78, 5) is 13.7.